The zero-order valence-electron chi connectivity index (χ0n) is 11.2. The Morgan fingerprint density at radius 2 is 1.79 bits per heavy atom. The third kappa shape index (κ3) is 1.97. The van der Waals surface area contributed by atoms with E-state index in [1.807, 2.05) is 29.1 Å². The number of fused-ring (bicyclic) bond motifs is 1. The summed E-state index contributed by atoms with van der Waals surface area (Å²) >= 11 is 0. The number of nitrogens with two attached hydrogens (primary N) is 1. The molecule has 1 aromatic heterocycles. The van der Waals surface area contributed by atoms with E-state index in [1.54, 1.807) is 0 Å². The van der Waals surface area contributed by atoms with Crippen LogP contribution in [0, 0.1) is 0 Å². The molecule has 0 saturated heterocycles. The Morgan fingerprint density at radius 3 is 2.53 bits per heavy atom. The van der Waals surface area contributed by atoms with Gasteiger partial charge in [0.05, 0.1) is 6.20 Å². The van der Waals surface area contributed by atoms with Crippen LogP contribution in [-0.2, 0) is 0 Å². The molecule has 3 nitrogen and oxygen atoms in total. The minimum Gasteiger partial charge on any atom is -0.398 e. The van der Waals surface area contributed by atoms with Crippen LogP contribution < -0.4 is 5.73 Å². The van der Waals surface area contributed by atoms with Crippen molar-refractivity contribution in [1.29, 1.82) is 0 Å². The summed E-state index contributed by atoms with van der Waals surface area (Å²) in [4.78, 5) is 0. The van der Waals surface area contributed by atoms with Crippen LogP contribution >= 0.6 is 0 Å². The van der Waals surface area contributed by atoms with E-state index in [-0.39, 0.29) is 0 Å². The predicted molar refractivity (Wildman–Crippen MR) is 80.0 cm³/mol. The summed E-state index contributed by atoms with van der Waals surface area (Å²) in [6.45, 7) is 4.25. The SMILES string of the molecule is CC(C)n1cc(-c2cccc3c(N)cccc23)cn1. The van der Waals surface area contributed by atoms with E-state index in [0.29, 0.717) is 6.04 Å². The van der Waals surface area contributed by atoms with Crippen LogP contribution in [0.2, 0.25) is 0 Å². The molecule has 0 amide bonds. The van der Waals surface area contributed by atoms with Crippen LogP contribution in [0.3, 0.4) is 0 Å². The zero-order valence-corrected chi connectivity index (χ0v) is 11.2. The molecule has 96 valence electrons. The molecule has 19 heavy (non-hydrogen) atoms. The number of hydrogen-bond donors (Lipinski definition) is 1. The minimum atomic E-state index is 0.369. The topological polar surface area (TPSA) is 43.8 Å². The fraction of sp³-hybridized carbons (Fsp3) is 0.188. The molecule has 3 rings (SSSR count). The Kier molecular flexibility index (Phi) is 2.75. The molecule has 0 radical (unpaired) electrons. The van der Waals surface area contributed by atoms with Crippen molar-refractivity contribution < 1.29 is 0 Å². The normalized spacial score (nSPS) is 11.3. The van der Waals surface area contributed by atoms with Gasteiger partial charge in [0.1, 0.15) is 0 Å². The first kappa shape index (κ1) is 11.8. The predicted octanol–water partition coefficient (Wildman–Crippen LogP) is 3.87. The largest absolute Gasteiger partial charge is 0.398 e. The van der Waals surface area contributed by atoms with Gasteiger partial charge in [-0.25, -0.2) is 0 Å². The highest BCUT2D eigenvalue weighted by molar-refractivity contribution is 6.02. The van der Waals surface area contributed by atoms with Crippen molar-refractivity contribution in [3.05, 3.63) is 48.8 Å². The standard InChI is InChI=1S/C16H17N3/c1-11(2)19-10-12(9-18-19)13-5-3-7-15-14(13)6-4-8-16(15)17/h3-11H,17H2,1-2H3. The third-order valence-electron chi connectivity index (χ3n) is 3.40. The van der Waals surface area contributed by atoms with Gasteiger partial charge in [-0.15, -0.1) is 0 Å². The lowest BCUT2D eigenvalue weighted by atomic mass is 10.00. The van der Waals surface area contributed by atoms with E-state index in [0.717, 1.165) is 16.6 Å². The van der Waals surface area contributed by atoms with Crippen molar-refractivity contribution >= 4 is 16.5 Å². The lowest BCUT2D eigenvalue weighted by Gasteiger charge is -2.07. The maximum Gasteiger partial charge on any atom is 0.0568 e. The molecule has 0 unspecified atom stereocenters. The Morgan fingerprint density at radius 1 is 1.05 bits per heavy atom. The molecule has 2 aromatic carbocycles. The van der Waals surface area contributed by atoms with Gasteiger partial charge < -0.3 is 5.73 Å². The Bertz CT molecular complexity index is 726. The second-order valence-electron chi connectivity index (χ2n) is 5.05. The lowest BCUT2D eigenvalue weighted by Crippen LogP contribution is -1.99. The molecular formula is C16H17N3. The van der Waals surface area contributed by atoms with Gasteiger partial charge in [-0.05, 0) is 30.9 Å². The summed E-state index contributed by atoms with van der Waals surface area (Å²) in [5.74, 6) is 0. The summed E-state index contributed by atoms with van der Waals surface area (Å²) in [6.07, 6.45) is 4.00. The van der Waals surface area contributed by atoms with E-state index >= 15 is 0 Å². The summed E-state index contributed by atoms with van der Waals surface area (Å²) in [6, 6.07) is 12.6. The van der Waals surface area contributed by atoms with Crippen molar-refractivity contribution in [3.8, 4) is 11.1 Å². The molecule has 2 N–H and O–H groups in total. The Labute approximate surface area is 112 Å². The number of nitrogens with zero attached hydrogens (tertiary/aromatic N) is 2. The third-order valence-corrected chi connectivity index (χ3v) is 3.40. The Balaban J connectivity index is 2.22. The number of anilines is 1. The summed E-state index contributed by atoms with van der Waals surface area (Å²) in [7, 11) is 0. The minimum absolute atomic E-state index is 0.369. The van der Waals surface area contributed by atoms with Crippen LogP contribution in [-0.4, -0.2) is 9.78 Å². The molecule has 3 aromatic rings. The van der Waals surface area contributed by atoms with Crippen LogP contribution in [0.15, 0.2) is 48.8 Å². The number of nitrogen functional groups attached to an aromatic ring is 1. The second kappa shape index (κ2) is 4.43. The number of aromatic nitrogens is 2. The molecule has 0 saturated carbocycles. The molecular weight excluding hydrogens is 234 g/mol. The summed E-state index contributed by atoms with van der Waals surface area (Å²) in [5.41, 5.74) is 9.16. The number of rotatable bonds is 2. The van der Waals surface area contributed by atoms with Gasteiger partial charge in [-0.2, -0.15) is 5.10 Å². The van der Waals surface area contributed by atoms with E-state index < -0.39 is 0 Å². The van der Waals surface area contributed by atoms with E-state index in [2.05, 4.69) is 43.3 Å². The monoisotopic (exact) mass is 251 g/mol. The van der Waals surface area contributed by atoms with Crippen LogP contribution in [0.25, 0.3) is 21.9 Å². The van der Waals surface area contributed by atoms with Crippen molar-refractivity contribution in [2.24, 2.45) is 0 Å². The van der Waals surface area contributed by atoms with Gasteiger partial charge in [-0.3, -0.25) is 4.68 Å². The van der Waals surface area contributed by atoms with Crippen molar-refractivity contribution in [2.45, 2.75) is 19.9 Å². The van der Waals surface area contributed by atoms with E-state index in [4.69, 9.17) is 5.73 Å². The first-order valence-electron chi connectivity index (χ1n) is 6.48. The Hall–Kier alpha value is -2.29. The average molecular weight is 251 g/mol. The van der Waals surface area contributed by atoms with E-state index in [9.17, 15) is 0 Å². The van der Waals surface area contributed by atoms with Crippen molar-refractivity contribution in [1.82, 2.24) is 9.78 Å². The quantitative estimate of drug-likeness (QED) is 0.703. The van der Waals surface area contributed by atoms with Crippen molar-refractivity contribution in [2.75, 3.05) is 5.73 Å². The molecule has 1 heterocycles. The lowest BCUT2D eigenvalue weighted by molar-refractivity contribution is 0.532. The highest BCUT2D eigenvalue weighted by Crippen LogP contribution is 2.31. The van der Waals surface area contributed by atoms with Crippen LogP contribution in [0.4, 0.5) is 5.69 Å². The van der Waals surface area contributed by atoms with Crippen LogP contribution in [0.1, 0.15) is 19.9 Å². The first-order valence-corrected chi connectivity index (χ1v) is 6.48. The van der Waals surface area contributed by atoms with Crippen LogP contribution in [0.5, 0.6) is 0 Å². The molecule has 3 heteroatoms. The highest BCUT2D eigenvalue weighted by atomic mass is 15.3. The van der Waals surface area contributed by atoms with Crippen molar-refractivity contribution in [3.63, 3.8) is 0 Å². The maximum atomic E-state index is 6.04. The van der Waals surface area contributed by atoms with Gasteiger partial charge in [0.2, 0.25) is 0 Å². The highest BCUT2D eigenvalue weighted by Gasteiger charge is 2.08. The van der Waals surface area contributed by atoms with E-state index in [1.165, 1.54) is 10.9 Å². The van der Waals surface area contributed by atoms with Gasteiger partial charge in [-0.1, -0.05) is 30.3 Å². The molecule has 0 spiro atoms. The zero-order chi connectivity index (χ0) is 13.4. The van der Waals surface area contributed by atoms with Gasteiger partial charge in [0.15, 0.2) is 0 Å². The molecule has 0 fully saturated rings. The second-order valence-corrected chi connectivity index (χ2v) is 5.05. The number of hydrogen-bond acceptors (Lipinski definition) is 2. The fourth-order valence-electron chi connectivity index (χ4n) is 2.35. The summed E-state index contributed by atoms with van der Waals surface area (Å²) in [5, 5.41) is 6.67. The first-order chi connectivity index (χ1) is 9.16. The molecule has 0 aliphatic rings. The number of benzene rings is 2. The smallest absolute Gasteiger partial charge is 0.0568 e. The molecule has 0 aliphatic carbocycles. The average Bonchev–Trinajstić information content (AvgIpc) is 2.88. The fourth-order valence-corrected chi connectivity index (χ4v) is 2.35. The van der Waals surface area contributed by atoms with Gasteiger partial charge in [0, 0.05) is 28.9 Å². The molecule has 0 bridgehead atoms. The molecule has 0 aliphatic heterocycles. The summed E-state index contributed by atoms with van der Waals surface area (Å²) < 4.78 is 1.97. The van der Waals surface area contributed by atoms with Gasteiger partial charge >= 0.3 is 0 Å². The molecule has 0 atom stereocenters. The maximum absolute atomic E-state index is 6.04. The van der Waals surface area contributed by atoms with Gasteiger partial charge in [0.25, 0.3) is 0 Å².